The SMILES string of the molecule is COc1ccc([N+](=O)[O-])cc1C(=O)N/N=C\c1cc2c(cc1Br)OCO2. The maximum absolute atomic E-state index is 12.3. The lowest BCUT2D eigenvalue weighted by atomic mass is 10.1. The monoisotopic (exact) mass is 421 g/mol. The van der Waals surface area contributed by atoms with Crippen LogP contribution in [0.1, 0.15) is 15.9 Å². The molecule has 0 fully saturated rings. The third-order valence-corrected chi connectivity index (χ3v) is 4.19. The number of nitrogens with one attached hydrogen (secondary N) is 1. The van der Waals surface area contributed by atoms with Crippen molar-refractivity contribution in [3.63, 3.8) is 0 Å². The first-order valence-corrected chi connectivity index (χ1v) is 8.04. The van der Waals surface area contributed by atoms with E-state index in [1.807, 2.05) is 0 Å². The third kappa shape index (κ3) is 3.59. The Hall–Kier alpha value is -3.14. The highest BCUT2D eigenvalue weighted by Gasteiger charge is 2.18. The predicted molar refractivity (Wildman–Crippen MR) is 95.0 cm³/mol. The number of hydrazone groups is 1. The summed E-state index contributed by atoms with van der Waals surface area (Å²) in [7, 11) is 1.37. The van der Waals surface area contributed by atoms with Crippen LogP contribution in [0.25, 0.3) is 0 Å². The fourth-order valence-electron chi connectivity index (χ4n) is 2.24. The van der Waals surface area contributed by atoms with Gasteiger partial charge in [-0.15, -0.1) is 0 Å². The third-order valence-electron chi connectivity index (χ3n) is 3.50. The van der Waals surface area contributed by atoms with Crippen molar-refractivity contribution in [1.82, 2.24) is 5.43 Å². The molecule has 0 atom stereocenters. The molecule has 1 N–H and O–H groups in total. The number of methoxy groups -OCH3 is 1. The van der Waals surface area contributed by atoms with E-state index in [1.54, 1.807) is 12.1 Å². The Kier molecular flexibility index (Phi) is 5.03. The van der Waals surface area contributed by atoms with Crippen molar-refractivity contribution in [2.24, 2.45) is 5.10 Å². The maximum Gasteiger partial charge on any atom is 0.275 e. The van der Waals surface area contributed by atoms with Crippen molar-refractivity contribution in [3.05, 3.63) is 56.0 Å². The largest absolute Gasteiger partial charge is 0.496 e. The van der Waals surface area contributed by atoms with Gasteiger partial charge in [0.05, 0.1) is 23.8 Å². The molecule has 0 spiro atoms. The van der Waals surface area contributed by atoms with Crippen molar-refractivity contribution in [2.45, 2.75) is 0 Å². The van der Waals surface area contributed by atoms with Crippen LogP contribution >= 0.6 is 15.9 Å². The summed E-state index contributed by atoms with van der Waals surface area (Å²) in [5, 5.41) is 14.8. The number of nitro benzene ring substituents is 1. The first-order valence-electron chi connectivity index (χ1n) is 7.24. The minimum Gasteiger partial charge on any atom is -0.496 e. The highest BCUT2D eigenvalue weighted by molar-refractivity contribution is 9.10. The number of fused-ring (bicyclic) bond motifs is 1. The van der Waals surface area contributed by atoms with Crippen LogP contribution in [0, 0.1) is 10.1 Å². The topological polar surface area (TPSA) is 112 Å². The molecule has 0 aromatic heterocycles. The molecule has 0 saturated heterocycles. The fraction of sp³-hybridized carbons (Fsp3) is 0.125. The number of nitrogens with zero attached hydrogens (tertiary/aromatic N) is 2. The van der Waals surface area contributed by atoms with Crippen LogP contribution in [0.3, 0.4) is 0 Å². The summed E-state index contributed by atoms with van der Waals surface area (Å²) < 4.78 is 16.3. The molecule has 2 aromatic carbocycles. The number of halogens is 1. The van der Waals surface area contributed by atoms with Crippen molar-refractivity contribution in [2.75, 3.05) is 13.9 Å². The molecule has 0 bridgehead atoms. The average molecular weight is 422 g/mol. The van der Waals surface area contributed by atoms with Crippen LogP contribution in [0.2, 0.25) is 0 Å². The van der Waals surface area contributed by atoms with Gasteiger partial charge in [0.15, 0.2) is 11.5 Å². The minimum atomic E-state index is -0.640. The second-order valence-electron chi connectivity index (χ2n) is 5.07. The van der Waals surface area contributed by atoms with Crippen LogP contribution in [0.15, 0.2) is 39.9 Å². The molecule has 1 aliphatic heterocycles. The number of benzene rings is 2. The summed E-state index contributed by atoms with van der Waals surface area (Å²) in [4.78, 5) is 22.6. The molecule has 9 nitrogen and oxygen atoms in total. The number of non-ortho nitro benzene ring substituents is 1. The van der Waals surface area contributed by atoms with Crippen LogP contribution in [-0.4, -0.2) is 30.9 Å². The number of carbonyl (C=O) groups is 1. The van der Waals surface area contributed by atoms with Gasteiger partial charge in [-0.3, -0.25) is 14.9 Å². The molecule has 1 amide bonds. The molecule has 1 heterocycles. The molecule has 0 unspecified atom stereocenters. The van der Waals surface area contributed by atoms with Crippen LogP contribution < -0.4 is 19.6 Å². The van der Waals surface area contributed by atoms with E-state index in [2.05, 4.69) is 26.5 Å². The van der Waals surface area contributed by atoms with E-state index >= 15 is 0 Å². The van der Waals surface area contributed by atoms with Crippen molar-refractivity contribution < 1.29 is 23.9 Å². The lowest BCUT2D eigenvalue weighted by Crippen LogP contribution is -2.18. The van der Waals surface area contributed by atoms with Gasteiger partial charge in [-0.25, -0.2) is 5.43 Å². The van der Waals surface area contributed by atoms with Crippen molar-refractivity contribution >= 4 is 33.7 Å². The quantitative estimate of drug-likeness (QED) is 0.451. The summed E-state index contributed by atoms with van der Waals surface area (Å²) in [6, 6.07) is 7.17. The smallest absolute Gasteiger partial charge is 0.275 e. The van der Waals surface area contributed by atoms with Gasteiger partial charge in [0.25, 0.3) is 11.6 Å². The molecule has 0 saturated carbocycles. The Labute approximate surface area is 155 Å². The van der Waals surface area contributed by atoms with Gasteiger partial charge in [-0.2, -0.15) is 5.10 Å². The summed E-state index contributed by atoms with van der Waals surface area (Å²) in [6.45, 7) is 0.145. The Balaban J connectivity index is 1.78. The second kappa shape index (κ2) is 7.40. The zero-order chi connectivity index (χ0) is 18.7. The van der Waals surface area contributed by atoms with E-state index in [1.165, 1.54) is 25.5 Å². The highest BCUT2D eigenvalue weighted by atomic mass is 79.9. The van der Waals surface area contributed by atoms with E-state index in [0.717, 1.165) is 6.07 Å². The summed E-state index contributed by atoms with van der Waals surface area (Å²) >= 11 is 3.38. The molecule has 3 rings (SSSR count). The van der Waals surface area contributed by atoms with Gasteiger partial charge < -0.3 is 14.2 Å². The molecular weight excluding hydrogens is 410 g/mol. The van der Waals surface area contributed by atoms with Crippen molar-refractivity contribution in [1.29, 1.82) is 0 Å². The first-order chi connectivity index (χ1) is 12.5. The Morgan fingerprint density at radius 1 is 1.35 bits per heavy atom. The zero-order valence-electron chi connectivity index (χ0n) is 13.4. The number of hydrogen-bond acceptors (Lipinski definition) is 7. The predicted octanol–water partition coefficient (Wildman–Crippen LogP) is 2.86. The summed E-state index contributed by atoms with van der Waals surface area (Å²) in [5.41, 5.74) is 2.75. The lowest BCUT2D eigenvalue weighted by Gasteiger charge is -2.07. The summed E-state index contributed by atoms with van der Waals surface area (Å²) in [5.74, 6) is 0.743. The van der Waals surface area contributed by atoms with Gasteiger partial charge in [0.2, 0.25) is 6.79 Å². The average Bonchev–Trinajstić information content (AvgIpc) is 3.08. The standard InChI is InChI=1S/C16H12BrN3O6/c1-24-13-3-2-10(20(22)23)5-11(13)16(21)19-18-7-9-4-14-15(6-12(9)17)26-8-25-14/h2-7H,8H2,1H3,(H,19,21)/b18-7-. The van der Waals surface area contributed by atoms with Gasteiger partial charge >= 0.3 is 0 Å². The molecule has 0 radical (unpaired) electrons. The number of hydrogen-bond donors (Lipinski definition) is 1. The van der Waals surface area contributed by atoms with Gasteiger partial charge in [-0.1, -0.05) is 0 Å². The number of nitro groups is 1. The molecule has 10 heteroatoms. The van der Waals surface area contributed by atoms with Gasteiger partial charge in [0, 0.05) is 22.2 Å². The molecule has 1 aliphatic rings. The van der Waals surface area contributed by atoms with Gasteiger partial charge in [0.1, 0.15) is 5.75 Å². The van der Waals surface area contributed by atoms with E-state index in [4.69, 9.17) is 14.2 Å². The highest BCUT2D eigenvalue weighted by Crippen LogP contribution is 2.36. The fourth-order valence-corrected chi connectivity index (χ4v) is 2.66. The van der Waals surface area contributed by atoms with Crippen LogP contribution in [-0.2, 0) is 0 Å². The number of rotatable bonds is 5. The van der Waals surface area contributed by atoms with Crippen LogP contribution in [0.4, 0.5) is 5.69 Å². The summed E-state index contributed by atoms with van der Waals surface area (Å²) in [6.07, 6.45) is 1.41. The molecule has 2 aromatic rings. The second-order valence-corrected chi connectivity index (χ2v) is 5.92. The van der Waals surface area contributed by atoms with E-state index in [-0.39, 0.29) is 23.8 Å². The number of ether oxygens (including phenoxy) is 3. The Morgan fingerprint density at radius 2 is 2.08 bits per heavy atom. The molecular formula is C16H12BrN3O6. The minimum absolute atomic E-state index is 0.00334. The van der Waals surface area contributed by atoms with Crippen molar-refractivity contribution in [3.8, 4) is 17.2 Å². The Bertz CT molecular complexity index is 915. The van der Waals surface area contributed by atoms with E-state index in [9.17, 15) is 14.9 Å². The normalized spacial score (nSPS) is 12.2. The molecule has 0 aliphatic carbocycles. The first kappa shape index (κ1) is 17.7. The van der Waals surface area contributed by atoms with Crippen LogP contribution in [0.5, 0.6) is 17.2 Å². The van der Waals surface area contributed by atoms with Gasteiger partial charge in [-0.05, 0) is 34.1 Å². The zero-order valence-corrected chi connectivity index (χ0v) is 15.0. The molecule has 134 valence electrons. The van der Waals surface area contributed by atoms with E-state index in [0.29, 0.717) is 21.5 Å². The molecule has 26 heavy (non-hydrogen) atoms. The van der Waals surface area contributed by atoms with E-state index < -0.39 is 10.8 Å². The Morgan fingerprint density at radius 3 is 2.77 bits per heavy atom. The maximum atomic E-state index is 12.3. The lowest BCUT2D eigenvalue weighted by molar-refractivity contribution is -0.384. The number of carbonyl (C=O) groups excluding carboxylic acids is 1. The number of amides is 1.